The molecule has 0 radical (unpaired) electrons. The highest BCUT2D eigenvalue weighted by Gasteiger charge is 2.56. The molecular weight excluding hydrogens is 198 g/mol. The lowest BCUT2D eigenvalue weighted by Crippen LogP contribution is -2.56. The summed E-state index contributed by atoms with van der Waals surface area (Å²) in [6.45, 7) is 1.34. The first-order chi connectivity index (χ1) is 7.10. The van der Waals surface area contributed by atoms with E-state index < -0.39 is 5.41 Å². The van der Waals surface area contributed by atoms with Gasteiger partial charge in [-0.2, -0.15) is 0 Å². The van der Waals surface area contributed by atoms with Gasteiger partial charge in [0.25, 0.3) is 0 Å². The van der Waals surface area contributed by atoms with Gasteiger partial charge in [0.2, 0.25) is 5.91 Å². The molecule has 0 aromatic carbocycles. The summed E-state index contributed by atoms with van der Waals surface area (Å²) in [6, 6.07) is 0. The number of rotatable bonds is 1. The summed E-state index contributed by atoms with van der Waals surface area (Å²) in [5, 5.41) is 4.29. The monoisotopic (exact) mass is 213 g/mol. The van der Waals surface area contributed by atoms with Gasteiger partial charge < -0.3 is 10.1 Å². The molecule has 2 fully saturated rings. The van der Waals surface area contributed by atoms with Gasteiger partial charge in [-0.05, 0) is 6.42 Å². The van der Waals surface area contributed by atoms with E-state index in [4.69, 9.17) is 10.6 Å². The Morgan fingerprint density at radius 2 is 2.47 bits per heavy atom. The molecule has 0 spiro atoms. The summed E-state index contributed by atoms with van der Waals surface area (Å²) in [5.41, 5.74) is -0.779. The van der Waals surface area contributed by atoms with Crippen LogP contribution in [-0.2, 0) is 14.3 Å². The molecule has 0 aliphatic carbocycles. The van der Waals surface area contributed by atoms with E-state index >= 15 is 0 Å². The number of carbonyl (C=O) groups excluding carboxylic acids is 2. The maximum Gasteiger partial charge on any atom is 0.315 e. The number of hydrogen-bond acceptors (Lipinski definition) is 5. The fraction of sp³-hybridized carbons (Fsp3) is 0.778. The van der Waals surface area contributed by atoms with E-state index in [1.165, 1.54) is 7.11 Å². The van der Waals surface area contributed by atoms with Crippen molar-refractivity contribution in [2.75, 3.05) is 26.7 Å². The Labute approximate surface area is 87.7 Å². The third-order valence-electron chi connectivity index (χ3n) is 3.34. The van der Waals surface area contributed by atoms with Crippen molar-refractivity contribution in [3.8, 4) is 0 Å². The summed E-state index contributed by atoms with van der Waals surface area (Å²) in [6.07, 6.45) is 0.609. The van der Waals surface area contributed by atoms with Crippen LogP contribution in [0.4, 0.5) is 0 Å². The van der Waals surface area contributed by atoms with Crippen LogP contribution in [0.15, 0.2) is 0 Å². The van der Waals surface area contributed by atoms with Crippen LogP contribution in [0.2, 0.25) is 0 Å². The van der Waals surface area contributed by atoms with Gasteiger partial charge in [-0.25, -0.2) is 5.01 Å². The van der Waals surface area contributed by atoms with E-state index in [0.717, 1.165) is 0 Å². The van der Waals surface area contributed by atoms with Crippen LogP contribution >= 0.6 is 0 Å². The number of fused-ring (bicyclic) bond motifs is 1. The maximum atomic E-state index is 11.8. The number of nitrogens with one attached hydrogen (secondary N) is 1. The number of ether oxygens (including phenoxy) is 1. The average Bonchev–Trinajstić information content (AvgIpc) is 2.56. The van der Waals surface area contributed by atoms with Crippen LogP contribution in [0.1, 0.15) is 6.42 Å². The van der Waals surface area contributed by atoms with E-state index in [9.17, 15) is 9.59 Å². The fourth-order valence-electron chi connectivity index (χ4n) is 2.53. The number of hydrogen-bond donors (Lipinski definition) is 2. The molecule has 3 N–H and O–H groups in total. The van der Waals surface area contributed by atoms with Crippen molar-refractivity contribution in [1.29, 1.82) is 0 Å². The smallest absolute Gasteiger partial charge is 0.315 e. The van der Waals surface area contributed by atoms with Crippen molar-refractivity contribution < 1.29 is 14.3 Å². The van der Waals surface area contributed by atoms with Crippen molar-refractivity contribution in [1.82, 2.24) is 10.3 Å². The molecule has 2 aliphatic rings. The Morgan fingerprint density at radius 1 is 1.73 bits per heavy atom. The zero-order chi connectivity index (χ0) is 11.1. The van der Waals surface area contributed by atoms with E-state index in [-0.39, 0.29) is 17.8 Å². The Morgan fingerprint density at radius 3 is 3.13 bits per heavy atom. The predicted molar refractivity (Wildman–Crippen MR) is 51.3 cm³/mol. The standard InChI is InChI=1S/C9H15N3O3/c1-15-8(14)9-4-11-7(13)6(9)2-3-12(10)5-9/h6H,2-5,10H2,1H3,(H,11,13)/t6-,9+/m1/s1. The number of piperidine rings is 1. The highest BCUT2D eigenvalue weighted by Crippen LogP contribution is 2.39. The summed E-state index contributed by atoms with van der Waals surface area (Å²) in [4.78, 5) is 23.3. The molecule has 2 rings (SSSR count). The molecule has 0 aromatic rings. The van der Waals surface area contributed by atoms with Crippen LogP contribution in [0.3, 0.4) is 0 Å². The minimum Gasteiger partial charge on any atom is -0.468 e. The van der Waals surface area contributed by atoms with E-state index in [2.05, 4.69) is 5.32 Å². The van der Waals surface area contributed by atoms with Gasteiger partial charge in [0.05, 0.1) is 13.0 Å². The minimum atomic E-state index is -0.779. The molecule has 1 amide bonds. The van der Waals surface area contributed by atoms with Crippen molar-refractivity contribution in [3.63, 3.8) is 0 Å². The Hall–Kier alpha value is -1.14. The largest absolute Gasteiger partial charge is 0.468 e. The number of carbonyl (C=O) groups is 2. The van der Waals surface area contributed by atoms with Gasteiger partial charge in [0.15, 0.2) is 0 Å². The highest BCUT2D eigenvalue weighted by molar-refractivity contribution is 5.92. The summed E-state index contributed by atoms with van der Waals surface area (Å²) < 4.78 is 4.78. The van der Waals surface area contributed by atoms with Crippen molar-refractivity contribution in [3.05, 3.63) is 0 Å². The first-order valence-corrected chi connectivity index (χ1v) is 4.96. The SMILES string of the molecule is COC(=O)[C@]12CNC(=O)[C@H]1CCN(N)C2. The number of esters is 1. The van der Waals surface area contributed by atoms with Crippen LogP contribution in [0, 0.1) is 11.3 Å². The molecular formula is C9H15N3O3. The Kier molecular flexibility index (Phi) is 2.40. The van der Waals surface area contributed by atoms with Gasteiger partial charge in [0, 0.05) is 19.6 Å². The lowest BCUT2D eigenvalue weighted by atomic mass is 9.73. The van der Waals surface area contributed by atoms with Crippen LogP contribution < -0.4 is 11.2 Å². The summed E-state index contributed by atoms with van der Waals surface area (Å²) in [7, 11) is 1.34. The first kappa shape index (κ1) is 10.4. The molecule has 0 unspecified atom stereocenters. The fourth-order valence-corrected chi connectivity index (χ4v) is 2.53. The molecule has 2 saturated heterocycles. The predicted octanol–water partition coefficient (Wildman–Crippen LogP) is -1.53. The second kappa shape index (κ2) is 3.46. The van der Waals surface area contributed by atoms with Gasteiger partial charge >= 0.3 is 5.97 Å². The second-order valence-electron chi connectivity index (χ2n) is 4.18. The number of amides is 1. The first-order valence-electron chi connectivity index (χ1n) is 4.96. The van der Waals surface area contributed by atoms with E-state index in [0.29, 0.717) is 26.1 Å². The van der Waals surface area contributed by atoms with Crippen LogP contribution in [-0.4, -0.2) is 43.6 Å². The highest BCUT2D eigenvalue weighted by atomic mass is 16.5. The molecule has 84 valence electrons. The lowest BCUT2D eigenvalue weighted by Gasteiger charge is -2.38. The molecule has 6 heteroatoms. The zero-order valence-corrected chi connectivity index (χ0v) is 8.66. The minimum absolute atomic E-state index is 0.0616. The second-order valence-corrected chi connectivity index (χ2v) is 4.18. The van der Waals surface area contributed by atoms with Crippen molar-refractivity contribution in [2.24, 2.45) is 17.2 Å². The summed E-state index contributed by atoms with van der Waals surface area (Å²) >= 11 is 0. The molecule has 0 bridgehead atoms. The van der Waals surface area contributed by atoms with Gasteiger partial charge in [-0.3, -0.25) is 15.4 Å². The lowest BCUT2D eigenvalue weighted by molar-refractivity contribution is -0.159. The van der Waals surface area contributed by atoms with Gasteiger partial charge in [0.1, 0.15) is 5.41 Å². The topological polar surface area (TPSA) is 84.7 Å². The van der Waals surface area contributed by atoms with Crippen LogP contribution in [0.5, 0.6) is 0 Å². The van der Waals surface area contributed by atoms with Gasteiger partial charge in [-0.1, -0.05) is 0 Å². The van der Waals surface area contributed by atoms with E-state index in [1.54, 1.807) is 5.01 Å². The number of hydrazine groups is 1. The van der Waals surface area contributed by atoms with Crippen molar-refractivity contribution >= 4 is 11.9 Å². The zero-order valence-electron chi connectivity index (χ0n) is 8.66. The molecule has 0 saturated carbocycles. The molecule has 2 heterocycles. The molecule has 2 aliphatic heterocycles. The number of nitrogens with two attached hydrogens (primary N) is 1. The Balaban J connectivity index is 2.31. The molecule has 6 nitrogen and oxygen atoms in total. The normalized spacial score (nSPS) is 35.9. The molecule has 15 heavy (non-hydrogen) atoms. The third-order valence-corrected chi connectivity index (χ3v) is 3.34. The maximum absolute atomic E-state index is 11.8. The Bertz CT molecular complexity index is 307. The molecule has 0 aromatic heterocycles. The van der Waals surface area contributed by atoms with Crippen molar-refractivity contribution in [2.45, 2.75) is 6.42 Å². The molecule has 2 atom stereocenters. The van der Waals surface area contributed by atoms with Gasteiger partial charge in [-0.15, -0.1) is 0 Å². The number of methoxy groups -OCH3 is 1. The summed E-state index contributed by atoms with van der Waals surface area (Å²) in [5.74, 6) is 5.01. The quantitative estimate of drug-likeness (QED) is 0.408. The van der Waals surface area contributed by atoms with Crippen LogP contribution in [0.25, 0.3) is 0 Å². The number of nitrogens with zero attached hydrogens (tertiary/aromatic N) is 1. The average molecular weight is 213 g/mol. The third kappa shape index (κ3) is 1.40. The van der Waals surface area contributed by atoms with E-state index in [1.807, 2.05) is 0 Å².